The molecule has 0 saturated carbocycles. The van der Waals surface area contributed by atoms with E-state index in [1.54, 1.807) is 6.07 Å². The second-order valence-corrected chi connectivity index (χ2v) is 7.35. The van der Waals surface area contributed by atoms with Crippen molar-refractivity contribution in [2.45, 2.75) is 61.7 Å². The van der Waals surface area contributed by atoms with E-state index in [9.17, 15) is 30.6 Å². The Bertz CT molecular complexity index is 667. The van der Waals surface area contributed by atoms with Crippen LogP contribution >= 0.6 is 0 Å². The first kappa shape index (κ1) is 25.8. The number of aromatic hydroxyl groups is 1. The molecule has 1 aromatic rings. The van der Waals surface area contributed by atoms with Crippen molar-refractivity contribution in [2.24, 2.45) is 0 Å². The largest absolute Gasteiger partial charge is 0.508 e. The lowest BCUT2D eigenvalue weighted by Crippen LogP contribution is -2.62. The number of phenolic OH excluding ortho intramolecular Hbond substituents is 1. The summed E-state index contributed by atoms with van der Waals surface area (Å²) >= 11 is 0. The summed E-state index contributed by atoms with van der Waals surface area (Å²) in [6.45, 7) is -0.452. The molecule has 0 amide bonds. The first-order valence-corrected chi connectivity index (χ1v) is 9.60. The summed E-state index contributed by atoms with van der Waals surface area (Å²) in [5, 5.41) is 85.6. The fraction of sp³-hybridized carbons (Fsp3) is 0.684. The van der Waals surface area contributed by atoms with Crippen molar-refractivity contribution in [1.82, 2.24) is 0 Å². The number of para-hydroxylation sites is 1. The second-order valence-electron chi connectivity index (χ2n) is 7.35. The minimum absolute atomic E-state index is 0.368. The number of rotatable bonds is 5. The first-order chi connectivity index (χ1) is 14.6. The molecule has 2 fully saturated rings. The average Bonchev–Trinajstić information content (AvgIpc) is 3.01. The van der Waals surface area contributed by atoms with E-state index >= 15 is 0 Å². The summed E-state index contributed by atoms with van der Waals surface area (Å²) in [4.78, 5) is 0. The van der Waals surface area contributed by atoms with Crippen molar-refractivity contribution in [3.8, 4) is 5.75 Å². The minimum atomic E-state index is -2.22. The summed E-state index contributed by atoms with van der Waals surface area (Å²) < 4.78 is 15.4. The number of aliphatic hydroxyl groups is 8. The van der Waals surface area contributed by atoms with Crippen LogP contribution in [0.5, 0.6) is 5.75 Å². The fourth-order valence-electron chi connectivity index (χ4n) is 3.19. The number of hydrogen-bond donors (Lipinski definition) is 9. The zero-order chi connectivity index (χ0) is 23.3. The van der Waals surface area contributed by atoms with Gasteiger partial charge >= 0.3 is 0 Å². The zero-order valence-corrected chi connectivity index (χ0v) is 16.8. The van der Waals surface area contributed by atoms with Gasteiger partial charge in [-0.25, -0.2) is 0 Å². The van der Waals surface area contributed by atoms with Crippen LogP contribution in [0.15, 0.2) is 24.3 Å². The molecular formula is C19H30O12. The maximum Gasteiger partial charge on any atom is 0.224 e. The van der Waals surface area contributed by atoms with Gasteiger partial charge in [0, 0.05) is 0 Å². The van der Waals surface area contributed by atoms with Gasteiger partial charge in [-0.3, -0.25) is 0 Å². The van der Waals surface area contributed by atoms with Gasteiger partial charge in [-0.05, 0) is 18.6 Å². The van der Waals surface area contributed by atoms with Crippen LogP contribution in [-0.2, 0) is 14.2 Å². The van der Waals surface area contributed by atoms with Gasteiger partial charge in [0.2, 0.25) is 5.79 Å². The lowest BCUT2D eigenvalue weighted by atomic mass is 9.99. The van der Waals surface area contributed by atoms with Gasteiger partial charge < -0.3 is 60.2 Å². The Balaban J connectivity index is 0.000000357. The van der Waals surface area contributed by atoms with Crippen LogP contribution in [0, 0.1) is 6.92 Å². The van der Waals surface area contributed by atoms with E-state index in [-0.39, 0.29) is 0 Å². The molecule has 1 aromatic carbocycles. The SMILES string of the molecule is Cc1ccccc1O.OC[C@H]1OC(CO)(O[C@H]2O[C@H](CO)[C@@H](O)[C@H](O)[C@H]2O)[C@@H](O)[C@@H]1O. The Hall–Kier alpha value is -1.42. The lowest BCUT2D eigenvalue weighted by molar-refractivity contribution is -0.383. The van der Waals surface area contributed by atoms with Gasteiger partial charge in [0.15, 0.2) is 6.29 Å². The molecule has 0 bridgehead atoms. The molecule has 12 heteroatoms. The number of aryl methyl sites for hydroxylation is 1. The molecule has 0 aliphatic carbocycles. The molecule has 12 nitrogen and oxygen atoms in total. The Morgan fingerprint density at radius 3 is 1.94 bits per heavy atom. The molecule has 3 rings (SSSR count). The number of benzene rings is 1. The van der Waals surface area contributed by atoms with Crippen LogP contribution in [0.25, 0.3) is 0 Å². The molecule has 31 heavy (non-hydrogen) atoms. The van der Waals surface area contributed by atoms with Gasteiger partial charge in [0.05, 0.1) is 13.2 Å². The van der Waals surface area contributed by atoms with Gasteiger partial charge in [0.25, 0.3) is 0 Å². The summed E-state index contributed by atoms with van der Waals surface area (Å²) in [5.41, 5.74) is 0.924. The van der Waals surface area contributed by atoms with Gasteiger partial charge in [-0.1, -0.05) is 18.2 Å². The Kier molecular flexibility index (Phi) is 9.12. The van der Waals surface area contributed by atoms with E-state index in [2.05, 4.69) is 0 Å². The molecular weight excluding hydrogens is 420 g/mol. The highest BCUT2D eigenvalue weighted by Crippen LogP contribution is 2.35. The molecule has 2 aliphatic heterocycles. The van der Waals surface area contributed by atoms with Gasteiger partial charge in [0.1, 0.15) is 55.1 Å². The summed E-state index contributed by atoms with van der Waals surface area (Å²) in [6, 6.07) is 7.25. The summed E-state index contributed by atoms with van der Waals surface area (Å²) in [7, 11) is 0. The Morgan fingerprint density at radius 1 is 0.871 bits per heavy atom. The third-order valence-electron chi connectivity index (χ3n) is 5.19. The third-order valence-corrected chi connectivity index (χ3v) is 5.19. The maximum absolute atomic E-state index is 10.00. The Morgan fingerprint density at radius 2 is 1.48 bits per heavy atom. The highest BCUT2D eigenvalue weighted by Gasteiger charge is 2.58. The van der Waals surface area contributed by atoms with Crippen LogP contribution in [0.2, 0.25) is 0 Å². The fourth-order valence-corrected chi connectivity index (χ4v) is 3.19. The minimum Gasteiger partial charge on any atom is -0.508 e. The first-order valence-electron chi connectivity index (χ1n) is 9.60. The van der Waals surface area contributed by atoms with Crippen molar-refractivity contribution in [1.29, 1.82) is 0 Å². The molecule has 0 spiro atoms. The number of phenols is 1. The van der Waals surface area contributed by atoms with Crippen molar-refractivity contribution >= 4 is 0 Å². The molecule has 2 heterocycles. The van der Waals surface area contributed by atoms with Crippen LogP contribution in [-0.4, -0.2) is 121 Å². The standard InChI is InChI=1S/C12H22O11.C7H8O/c13-1-4-6(16)8(18)9(19)11(21-4)23-12(3-15)10(20)7(17)5(2-14)22-12;1-6-4-2-3-5-7(6)8/h4-11,13-20H,1-3H2;2-5,8H,1H3/t4-,5-,6-,7-,8+,9-,10+,11-,12?;/m1./s1. The zero-order valence-electron chi connectivity index (χ0n) is 16.8. The van der Waals surface area contributed by atoms with E-state index in [4.69, 9.17) is 29.5 Å². The molecule has 2 aliphatic rings. The highest BCUT2D eigenvalue weighted by atomic mass is 16.8. The van der Waals surface area contributed by atoms with E-state index in [1.165, 1.54) is 0 Å². The van der Waals surface area contributed by atoms with Crippen molar-refractivity contribution in [3.63, 3.8) is 0 Å². The molecule has 9 atom stereocenters. The molecule has 9 N–H and O–H groups in total. The van der Waals surface area contributed by atoms with Crippen LogP contribution < -0.4 is 0 Å². The second kappa shape index (κ2) is 10.9. The predicted octanol–water partition coefficient (Wildman–Crippen LogP) is -3.69. The van der Waals surface area contributed by atoms with Gasteiger partial charge in [-0.15, -0.1) is 0 Å². The maximum atomic E-state index is 10.00. The van der Waals surface area contributed by atoms with Crippen molar-refractivity contribution in [2.75, 3.05) is 19.8 Å². The monoisotopic (exact) mass is 450 g/mol. The highest BCUT2D eigenvalue weighted by molar-refractivity contribution is 5.29. The number of hydrogen-bond acceptors (Lipinski definition) is 12. The molecule has 1 unspecified atom stereocenters. The normalized spacial score (nSPS) is 40.3. The number of ether oxygens (including phenoxy) is 3. The average molecular weight is 450 g/mol. The predicted molar refractivity (Wildman–Crippen MR) is 101 cm³/mol. The quantitative estimate of drug-likeness (QED) is 0.212. The van der Waals surface area contributed by atoms with Gasteiger partial charge in [-0.2, -0.15) is 0 Å². The summed E-state index contributed by atoms with van der Waals surface area (Å²) in [5.74, 6) is -1.85. The topological polar surface area (TPSA) is 210 Å². The molecule has 178 valence electrons. The van der Waals surface area contributed by atoms with Crippen molar-refractivity contribution < 1.29 is 60.2 Å². The third kappa shape index (κ3) is 5.50. The van der Waals surface area contributed by atoms with E-state index in [1.807, 2.05) is 25.1 Å². The molecule has 0 aromatic heterocycles. The van der Waals surface area contributed by atoms with E-state index in [0.29, 0.717) is 5.75 Å². The molecule has 0 radical (unpaired) electrons. The van der Waals surface area contributed by atoms with E-state index < -0.39 is 74.6 Å². The van der Waals surface area contributed by atoms with Crippen molar-refractivity contribution in [3.05, 3.63) is 29.8 Å². The van der Waals surface area contributed by atoms with Crippen LogP contribution in [0.3, 0.4) is 0 Å². The lowest BCUT2D eigenvalue weighted by Gasteiger charge is -2.43. The summed E-state index contributed by atoms with van der Waals surface area (Å²) in [6.07, 6.45) is -12.7. The number of aliphatic hydroxyl groups excluding tert-OH is 8. The van der Waals surface area contributed by atoms with Crippen LogP contribution in [0.4, 0.5) is 0 Å². The Labute approximate surface area is 178 Å². The molecule has 2 saturated heterocycles. The van der Waals surface area contributed by atoms with Crippen LogP contribution in [0.1, 0.15) is 5.56 Å². The van der Waals surface area contributed by atoms with E-state index in [0.717, 1.165) is 5.56 Å². The smallest absolute Gasteiger partial charge is 0.224 e.